The summed E-state index contributed by atoms with van der Waals surface area (Å²) in [7, 11) is 0. The molecule has 1 aliphatic heterocycles. The lowest BCUT2D eigenvalue weighted by Crippen LogP contribution is -2.29. The van der Waals surface area contributed by atoms with Crippen molar-refractivity contribution in [3.63, 3.8) is 0 Å². The van der Waals surface area contributed by atoms with Crippen LogP contribution in [0.4, 0.5) is 0 Å². The van der Waals surface area contributed by atoms with E-state index in [-0.39, 0.29) is 6.10 Å². The first-order valence-electron chi connectivity index (χ1n) is 6.34. The Morgan fingerprint density at radius 1 is 0.947 bits per heavy atom. The van der Waals surface area contributed by atoms with Gasteiger partial charge in [0.15, 0.2) is 0 Å². The molecule has 0 aliphatic carbocycles. The van der Waals surface area contributed by atoms with Gasteiger partial charge in [-0.1, -0.05) is 76.6 Å². The zero-order valence-electron chi connectivity index (χ0n) is 10.5. The van der Waals surface area contributed by atoms with Crippen LogP contribution in [0.1, 0.15) is 11.1 Å². The van der Waals surface area contributed by atoms with Crippen molar-refractivity contribution in [2.45, 2.75) is 11.9 Å². The monoisotopic (exact) mass is 318 g/mol. The summed E-state index contributed by atoms with van der Waals surface area (Å²) in [5.74, 6) is -0.777. The van der Waals surface area contributed by atoms with Crippen molar-refractivity contribution >= 4 is 15.9 Å². The van der Waals surface area contributed by atoms with Crippen LogP contribution in [0.2, 0.25) is 0 Å². The smallest absolute Gasteiger partial charge is 0.222 e. The number of halogens is 1. The van der Waals surface area contributed by atoms with E-state index in [9.17, 15) is 0 Å². The number of benzene rings is 2. The third kappa shape index (κ3) is 2.34. The second-order valence-corrected chi connectivity index (χ2v) is 5.20. The van der Waals surface area contributed by atoms with E-state index in [0.29, 0.717) is 6.61 Å². The number of hydrogen-bond donors (Lipinski definition) is 0. The molecular formula is C16H15BrO2. The third-order valence-corrected chi connectivity index (χ3v) is 4.01. The van der Waals surface area contributed by atoms with Crippen molar-refractivity contribution in [3.8, 4) is 0 Å². The molecule has 0 saturated carbocycles. The first-order chi connectivity index (χ1) is 9.35. The van der Waals surface area contributed by atoms with E-state index in [1.54, 1.807) is 0 Å². The fourth-order valence-corrected chi connectivity index (χ4v) is 2.69. The van der Waals surface area contributed by atoms with Gasteiger partial charge in [0, 0.05) is 16.5 Å². The van der Waals surface area contributed by atoms with Gasteiger partial charge in [-0.2, -0.15) is 0 Å². The minimum absolute atomic E-state index is 0.0698. The minimum Gasteiger partial charge on any atom is -0.339 e. The molecular weight excluding hydrogens is 304 g/mol. The normalized spacial score (nSPS) is 21.4. The summed E-state index contributed by atoms with van der Waals surface area (Å²) in [6, 6.07) is 20.2. The van der Waals surface area contributed by atoms with Gasteiger partial charge in [0.25, 0.3) is 0 Å². The zero-order valence-corrected chi connectivity index (χ0v) is 12.0. The number of rotatable bonds is 3. The average Bonchev–Trinajstić information content (AvgIpc) is 2.95. The van der Waals surface area contributed by atoms with Crippen molar-refractivity contribution in [3.05, 3.63) is 71.8 Å². The van der Waals surface area contributed by atoms with Gasteiger partial charge in [0.1, 0.15) is 0 Å². The van der Waals surface area contributed by atoms with Crippen LogP contribution in [0, 0.1) is 0 Å². The van der Waals surface area contributed by atoms with Crippen molar-refractivity contribution in [1.29, 1.82) is 0 Å². The molecule has 1 heterocycles. The van der Waals surface area contributed by atoms with E-state index in [2.05, 4.69) is 15.9 Å². The van der Waals surface area contributed by atoms with Crippen LogP contribution < -0.4 is 0 Å². The third-order valence-electron chi connectivity index (χ3n) is 3.28. The molecule has 1 unspecified atom stereocenters. The lowest BCUT2D eigenvalue weighted by molar-refractivity contribution is -0.139. The number of hydrogen-bond acceptors (Lipinski definition) is 2. The Hall–Kier alpha value is -1.16. The summed E-state index contributed by atoms with van der Waals surface area (Å²) in [6.07, 6.45) is 0.0698. The maximum Gasteiger partial charge on any atom is 0.222 e. The minimum atomic E-state index is -0.777. The van der Waals surface area contributed by atoms with E-state index in [4.69, 9.17) is 9.47 Å². The van der Waals surface area contributed by atoms with Gasteiger partial charge in [0.2, 0.25) is 5.79 Å². The van der Waals surface area contributed by atoms with Crippen LogP contribution in [-0.4, -0.2) is 18.0 Å². The highest BCUT2D eigenvalue weighted by Crippen LogP contribution is 2.40. The molecule has 3 rings (SSSR count). The predicted octanol–water partition coefficient (Wildman–Crippen LogP) is 3.70. The summed E-state index contributed by atoms with van der Waals surface area (Å²) >= 11 is 3.47. The molecule has 0 aromatic heterocycles. The molecule has 1 atom stereocenters. The Kier molecular flexibility index (Phi) is 3.69. The van der Waals surface area contributed by atoms with Gasteiger partial charge in [-0.05, 0) is 0 Å². The van der Waals surface area contributed by atoms with Crippen molar-refractivity contribution in [2.75, 3.05) is 11.9 Å². The summed E-state index contributed by atoms with van der Waals surface area (Å²) in [5.41, 5.74) is 2.06. The van der Waals surface area contributed by atoms with Gasteiger partial charge in [-0.15, -0.1) is 0 Å². The molecule has 0 spiro atoms. The predicted molar refractivity (Wildman–Crippen MR) is 78.3 cm³/mol. The van der Waals surface area contributed by atoms with Crippen LogP contribution in [0.15, 0.2) is 60.7 Å². The maximum atomic E-state index is 6.20. The largest absolute Gasteiger partial charge is 0.339 e. The highest BCUT2D eigenvalue weighted by atomic mass is 79.9. The summed E-state index contributed by atoms with van der Waals surface area (Å²) in [5, 5.41) is 0.772. The molecule has 0 amide bonds. The highest BCUT2D eigenvalue weighted by molar-refractivity contribution is 9.09. The van der Waals surface area contributed by atoms with Gasteiger partial charge >= 0.3 is 0 Å². The molecule has 0 N–H and O–H groups in total. The fraction of sp³-hybridized carbons (Fsp3) is 0.250. The van der Waals surface area contributed by atoms with Gasteiger partial charge in [-0.3, -0.25) is 0 Å². The molecule has 19 heavy (non-hydrogen) atoms. The molecule has 2 aromatic rings. The quantitative estimate of drug-likeness (QED) is 0.803. The lowest BCUT2D eigenvalue weighted by atomic mass is 9.97. The number of alkyl halides is 1. The summed E-state index contributed by atoms with van der Waals surface area (Å²) in [4.78, 5) is 0. The first-order valence-corrected chi connectivity index (χ1v) is 7.46. The standard InChI is InChI=1S/C16H15BrO2/c17-11-15-12-18-16(19-15,13-7-3-1-4-8-13)14-9-5-2-6-10-14/h1-10,15H,11-12H2. The highest BCUT2D eigenvalue weighted by Gasteiger charge is 2.44. The van der Waals surface area contributed by atoms with Crippen LogP contribution in [0.3, 0.4) is 0 Å². The van der Waals surface area contributed by atoms with Crippen molar-refractivity contribution < 1.29 is 9.47 Å². The SMILES string of the molecule is BrCC1COC(c2ccccc2)(c2ccccc2)O1. The Morgan fingerprint density at radius 3 is 1.89 bits per heavy atom. The maximum absolute atomic E-state index is 6.20. The van der Waals surface area contributed by atoms with Gasteiger partial charge < -0.3 is 9.47 Å². The molecule has 2 nitrogen and oxygen atoms in total. The summed E-state index contributed by atoms with van der Waals surface area (Å²) < 4.78 is 12.3. The Bertz CT molecular complexity index is 487. The van der Waals surface area contributed by atoms with Crippen LogP contribution in [0.25, 0.3) is 0 Å². The molecule has 1 fully saturated rings. The first kappa shape index (κ1) is 12.9. The topological polar surface area (TPSA) is 18.5 Å². The van der Waals surface area contributed by atoms with E-state index >= 15 is 0 Å². The molecule has 1 saturated heterocycles. The second kappa shape index (κ2) is 5.45. The van der Waals surface area contributed by atoms with Gasteiger partial charge in [-0.25, -0.2) is 0 Å². The van der Waals surface area contributed by atoms with E-state index in [0.717, 1.165) is 16.5 Å². The lowest BCUT2D eigenvalue weighted by Gasteiger charge is -2.29. The molecule has 0 bridgehead atoms. The number of ether oxygens (including phenoxy) is 2. The van der Waals surface area contributed by atoms with Gasteiger partial charge in [0.05, 0.1) is 12.7 Å². The van der Waals surface area contributed by atoms with Crippen LogP contribution in [-0.2, 0) is 15.3 Å². The van der Waals surface area contributed by atoms with E-state index in [1.165, 1.54) is 0 Å². The van der Waals surface area contributed by atoms with E-state index < -0.39 is 5.79 Å². The molecule has 2 aromatic carbocycles. The molecule has 1 aliphatic rings. The Morgan fingerprint density at radius 2 is 1.47 bits per heavy atom. The average molecular weight is 319 g/mol. The zero-order chi connectivity index (χ0) is 13.1. The molecule has 0 radical (unpaired) electrons. The summed E-state index contributed by atoms with van der Waals surface area (Å²) in [6.45, 7) is 0.592. The van der Waals surface area contributed by atoms with Crippen molar-refractivity contribution in [2.24, 2.45) is 0 Å². The van der Waals surface area contributed by atoms with Crippen LogP contribution in [0.5, 0.6) is 0 Å². The Balaban J connectivity index is 2.07. The fourth-order valence-electron chi connectivity index (χ4n) is 2.37. The van der Waals surface area contributed by atoms with Crippen LogP contribution >= 0.6 is 15.9 Å². The molecule has 98 valence electrons. The van der Waals surface area contributed by atoms with Crippen molar-refractivity contribution in [1.82, 2.24) is 0 Å². The molecule has 3 heteroatoms. The second-order valence-electron chi connectivity index (χ2n) is 4.55. The Labute approximate surface area is 121 Å². The van der Waals surface area contributed by atoms with E-state index in [1.807, 2.05) is 60.7 Å².